The van der Waals surface area contributed by atoms with Gasteiger partial charge in [0.1, 0.15) is 13.5 Å². The van der Waals surface area contributed by atoms with Crippen LogP contribution in [0, 0.1) is 0 Å². The molecule has 0 radical (unpaired) electrons. The summed E-state index contributed by atoms with van der Waals surface area (Å²) >= 11 is 0. The van der Waals surface area contributed by atoms with Gasteiger partial charge in [-0.3, -0.25) is 4.79 Å². The number of amides is 1. The van der Waals surface area contributed by atoms with E-state index in [2.05, 4.69) is 5.32 Å². The van der Waals surface area contributed by atoms with Crippen LogP contribution in [0.5, 0.6) is 0 Å². The first-order chi connectivity index (χ1) is 10.1. The Hall–Kier alpha value is -1.91. The second-order valence-electron chi connectivity index (χ2n) is 4.06. The van der Waals surface area contributed by atoms with E-state index < -0.39 is 26.0 Å². The van der Waals surface area contributed by atoms with Gasteiger partial charge in [0.2, 0.25) is 0 Å². The third-order valence-electron chi connectivity index (χ3n) is 2.49. The van der Waals surface area contributed by atoms with Crippen LogP contribution >= 0.6 is 7.80 Å². The van der Waals surface area contributed by atoms with E-state index in [1.54, 1.807) is 37.3 Å². The predicted molar refractivity (Wildman–Crippen MR) is 79.6 cm³/mol. The third kappa shape index (κ3) is 5.94. The van der Waals surface area contributed by atoms with Crippen molar-refractivity contribution in [2.75, 3.05) is 19.1 Å². The first-order valence-corrected chi connectivity index (χ1v) is 8.27. The Morgan fingerprint density at radius 1 is 1.33 bits per heavy atom. The summed E-state index contributed by atoms with van der Waals surface area (Å²) in [6.07, 6.45) is 0.893. The van der Waals surface area contributed by atoms with Gasteiger partial charge in [0.25, 0.3) is 5.91 Å². The molecule has 2 N–H and O–H groups in total. The molecule has 1 amide bonds. The number of benzene rings is 1. The summed E-state index contributed by atoms with van der Waals surface area (Å²) in [6.45, 7) is 1.80. The van der Waals surface area contributed by atoms with Gasteiger partial charge in [0.15, 0.2) is 0 Å². The van der Waals surface area contributed by atoms with Crippen LogP contribution in [0.2, 0.25) is 0 Å². The van der Waals surface area contributed by atoms with Crippen molar-refractivity contribution in [1.29, 1.82) is 0 Å². The molecule has 114 valence electrons. The zero-order valence-electron chi connectivity index (χ0n) is 11.7. The molecule has 0 fully saturated rings. The first-order valence-electron chi connectivity index (χ1n) is 6.44. The van der Waals surface area contributed by atoms with Gasteiger partial charge in [-0.25, -0.2) is 4.79 Å². The minimum absolute atomic E-state index is 0.0182. The summed E-state index contributed by atoms with van der Waals surface area (Å²) in [6, 6.07) is 8.38. The van der Waals surface area contributed by atoms with E-state index in [1.165, 1.54) is 6.08 Å². The second kappa shape index (κ2) is 9.10. The number of hydrogen-bond acceptors (Lipinski definition) is 5. The van der Waals surface area contributed by atoms with E-state index in [1.807, 2.05) is 0 Å². The van der Waals surface area contributed by atoms with Gasteiger partial charge in [-0.2, -0.15) is 0 Å². The third-order valence-corrected chi connectivity index (χ3v) is 3.50. The van der Waals surface area contributed by atoms with Gasteiger partial charge in [0.05, 0.1) is 13.0 Å². The molecule has 0 aliphatic heterocycles. The number of esters is 1. The molecule has 0 saturated carbocycles. The molecule has 21 heavy (non-hydrogen) atoms. The molecule has 1 rings (SSSR count). The summed E-state index contributed by atoms with van der Waals surface area (Å²) < 4.78 is 16.1. The molecule has 6 nitrogen and oxygen atoms in total. The lowest BCUT2D eigenvalue weighted by molar-refractivity contribution is -0.138. The number of allylic oxidation sites excluding steroid dienone is 1. The fourth-order valence-electron chi connectivity index (χ4n) is 1.46. The van der Waals surface area contributed by atoms with E-state index in [0.29, 0.717) is 5.56 Å². The standard InChI is InChI=1S/C14H18NO5P/c1-2-20-14(18)12(8-9-21(19)10-16)15-13(17)11-6-4-3-5-7-11/h3-8,16,21H,2,9-10H2,1H3,(H,15,17)/b12-8+. The highest BCUT2D eigenvalue weighted by Crippen LogP contribution is 2.18. The van der Waals surface area contributed by atoms with Crippen LogP contribution in [0.1, 0.15) is 17.3 Å². The first kappa shape index (κ1) is 17.1. The molecule has 0 heterocycles. The summed E-state index contributed by atoms with van der Waals surface area (Å²) in [5, 5.41) is 11.2. The fourth-order valence-corrected chi connectivity index (χ4v) is 2.02. The lowest BCUT2D eigenvalue weighted by Gasteiger charge is -2.09. The van der Waals surface area contributed by atoms with Crippen molar-refractivity contribution in [3.63, 3.8) is 0 Å². The highest BCUT2D eigenvalue weighted by molar-refractivity contribution is 7.44. The normalized spacial score (nSPS) is 12.6. The molecule has 0 bridgehead atoms. The SMILES string of the molecule is CCOC(=O)/C(=C\C[PH](=O)CO)NC(=O)c1ccccc1. The van der Waals surface area contributed by atoms with Crippen molar-refractivity contribution in [2.24, 2.45) is 0 Å². The maximum absolute atomic E-state index is 12.0. The number of hydrogen-bond donors (Lipinski definition) is 2. The van der Waals surface area contributed by atoms with Crippen molar-refractivity contribution >= 4 is 19.7 Å². The van der Waals surface area contributed by atoms with Crippen LogP contribution in [0.3, 0.4) is 0 Å². The Labute approximate surface area is 123 Å². The molecular weight excluding hydrogens is 293 g/mol. The molecule has 1 atom stereocenters. The average Bonchev–Trinajstić information content (AvgIpc) is 2.51. The molecule has 0 saturated heterocycles. The van der Waals surface area contributed by atoms with Gasteiger partial charge < -0.3 is 19.7 Å². The molecule has 1 unspecified atom stereocenters. The van der Waals surface area contributed by atoms with Crippen molar-refractivity contribution in [3.05, 3.63) is 47.7 Å². The number of ether oxygens (including phenoxy) is 1. The van der Waals surface area contributed by atoms with Gasteiger partial charge >= 0.3 is 5.97 Å². The van der Waals surface area contributed by atoms with E-state index in [9.17, 15) is 14.2 Å². The molecule has 7 heteroatoms. The monoisotopic (exact) mass is 311 g/mol. The smallest absolute Gasteiger partial charge is 0.354 e. The van der Waals surface area contributed by atoms with Gasteiger partial charge in [-0.15, -0.1) is 0 Å². The number of nitrogens with one attached hydrogen (secondary N) is 1. The quantitative estimate of drug-likeness (QED) is 0.451. The Morgan fingerprint density at radius 2 is 2.00 bits per heavy atom. The number of aliphatic hydroxyl groups excluding tert-OH is 1. The van der Waals surface area contributed by atoms with E-state index >= 15 is 0 Å². The van der Waals surface area contributed by atoms with E-state index in [0.717, 1.165) is 0 Å². The molecule has 0 aliphatic rings. The van der Waals surface area contributed by atoms with Crippen LogP contribution in [-0.2, 0) is 14.1 Å². The topological polar surface area (TPSA) is 92.7 Å². The number of carbonyl (C=O) groups is 2. The Bertz CT molecular complexity index is 542. The van der Waals surface area contributed by atoms with Crippen molar-refractivity contribution in [2.45, 2.75) is 6.92 Å². The average molecular weight is 311 g/mol. The van der Waals surface area contributed by atoms with Gasteiger partial charge in [-0.1, -0.05) is 18.2 Å². The van der Waals surface area contributed by atoms with Crippen LogP contribution in [0.25, 0.3) is 0 Å². The summed E-state index contributed by atoms with van der Waals surface area (Å²) in [5.74, 6) is -1.16. The lowest BCUT2D eigenvalue weighted by atomic mass is 10.2. The van der Waals surface area contributed by atoms with E-state index in [4.69, 9.17) is 9.84 Å². The summed E-state index contributed by atoms with van der Waals surface area (Å²) in [4.78, 5) is 23.8. The lowest BCUT2D eigenvalue weighted by Crippen LogP contribution is -2.28. The number of rotatable bonds is 7. The molecule has 0 aromatic heterocycles. The Balaban J connectivity index is 2.84. The fraction of sp³-hybridized carbons (Fsp3) is 0.286. The van der Waals surface area contributed by atoms with Gasteiger partial charge in [-0.05, 0) is 25.1 Å². The maximum Gasteiger partial charge on any atom is 0.354 e. The number of carbonyl (C=O) groups excluding carboxylic acids is 2. The second-order valence-corrected chi connectivity index (χ2v) is 5.86. The summed E-state index contributed by atoms with van der Waals surface area (Å²) in [7, 11) is -2.20. The van der Waals surface area contributed by atoms with Crippen molar-refractivity contribution in [1.82, 2.24) is 5.32 Å². The van der Waals surface area contributed by atoms with Crippen LogP contribution < -0.4 is 5.32 Å². The summed E-state index contributed by atoms with van der Waals surface area (Å²) in [5.41, 5.74) is 0.319. The molecule has 1 aromatic carbocycles. The molecule has 0 spiro atoms. The number of aliphatic hydroxyl groups is 1. The zero-order chi connectivity index (χ0) is 15.7. The highest BCUT2D eigenvalue weighted by Gasteiger charge is 2.15. The van der Waals surface area contributed by atoms with Crippen molar-refractivity contribution < 1.29 is 24.0 Å². The van der Waals surface area contributed by atoms with E-state index in [-0.39, 0.29) is 18.5 Å². The molecule has 0 aliphatic carbocycles. The largest absolute Gasteiger partial charge is 0.461 e. The Kier molecular flexibility index (Phi) is 7.43. The maximum atomic E-state index is 12.0. The minimum atomic E-state index is -2.20. The van der Waals surface area contributed by atoms with Crippen LogP contribution in [0.15, 0.2) is 42.1 Å². The molecule has 1 aromatic rings. The van der Waals surface area contributed by atoms with Gasteiger partial charge in [0, 0.05) is 11.7 Å². The zero-order valence-corrected chi connectivity index (χ0v) is 12.7. The van der Waals surface area contributed by atoms with Crippen LogP contribution in [-0.4, -0.2) is 36.1 Å². The van der Waals surface area contributed by atoms with Crippen LogP contribution in [0.4, 0.5) is 0 Å². The minimum Gasteiger partial charge on any atom is -0.461 e. The highest BCUT2D eigenvalue weighted by atomic mass is 31.1. The van der Waals surface area contributed by atoms with Crippen molar-refractivity contribution in [3.8, 4) is 0 Å². The Morgan fingerprint density at radius 3 is 2.57 bits per heavy atom. The predicted octanol–water partition coefficient (Wildman–Crippen LogP) is 1.37. The molecular formula is C14H18NO5P.